The number of ketones is 1. The first kappa shape index (κ1) is 21.8. The fourth-order valence-electron chi connectivity index (χ4n) is 4.19. The first-order valence-corrected chi connectivity index (χ1v) is 10.7. The molecule has 1 aliphatic carbocycles. The highest BCUT2D eigenvalue weighted by atomic mass is 16.2. The summed E-state index contributed by atoms with van der Waals surface area (Å²) >= 11 is 0. The smallest absolute Gasteiger partial charge is 0.223 e. The van der Waals surface area contributed by atoms with Crippen molar-refractivity contribution in [2.24, 2.45) is 11.7 Å². The number of carbonyl (C=O) groups excluding carboxylic acids is 2. The van der Waals surface area contributed by atoms with Gasteiger partial charge in [-0.3, -0.25) is 15.0 Å². The Morgan fingerprint density at radius 1 is 1.17 bits per heavy atom. The Morgan fingerprint density at radius 2 is 1.90 bits per heavy atom. The molecular formula is C25H31N3O2. The maximum Gasteiger partial charge on any atom is 0.223 e. The van der Waals surface area contributed by atoms with E-state index in [1.165, 1.54) is 11.1 Å². The molecule has 3 rings (SSSR count). The molecule has 0 heterocycles. The second kappa shape index (κ2) is 9.70. The van der Waals surface area contributed by atoms with E-state index < -0.39 is 6.04 Å². The van der Waals surface area contributed by atoms with Gasteiger partial charge in [0.2, 0.25) is 5.91 Å². The topological polar surface area (TPSA) is 96.0 Å². The molecule has 1 aliphatic rings. The molecule has 0 aromatic heterocycles. The third-order valence-corrected chi connectivity index (χ3v) is 6.08. The number of Topliss-reactive ketones (excluding diaryl/α,β-unsaturated/α-hetero) is 1. The monoisotopic (exact) mass is 405 g/mol. The van der Waals surface area contributed by atoms with Crippen molar-refractivity contribution in [1.82, 2.24) is 5.32 Å². The molecule has 0 unspecified atom stereocenters. The van der Waals surface area contributed by atoms with Crippen molar-refractivity contribution in [3.8, 4) is 0 Å². The van der Waals surface area contributed by atoms with Crippen molar-refractivity contribution in [3.63, 3.8) is 0 Å². The molecule has 1 amide bonds. The number of nitrogens with two attached hydrogens (primary N) is 1. The Bertz CT molecular complexity index is 920. The zero-order valence-electron chi connectivity index (χ0n) is 17.8. The molecule has 2 aromatic rings. The van der Waals surface area contributed by atoms with Crippen molar-refractivity contribution >= 4 is 17.5 Å². The van der Waals surface area contributed by atoms with Crippen LogP contribution in [0.1, 0.15) is 60.8 Å². The third-order valence-electron chi connectivity index (χ3n) is 6.08. The molecular weight excluding hydrogens is 374 g/mol. The quantitative estimate of drug-likeness (QED) is 0.459. The fraction of sp³-hybridized carbons (Fsp3) is 0.400. The summed E-state index contributed by atoms with van der Waals surface area (Å²) < 4.78 is 0. The molecule has 0 spiro atoms. The molecule has 158 valence electrons. The van der Waals surface area contributed by atoms with Crippen molar-refractivity contribution in [2.45, 2.75) is 57.9 Å². The van der Waals surface area contributed by atoms with Crippen molar-refractivity contribution in [3.05, 3.63) is 70.8 Å². The summed E-state index contributed by atoms with van der Waals surface area (Å²) in [6, 6.07) is 15.4. The lowest BCUT2D eigenvalue weighted by Gasteiger charge is -2.17. The van der Waals surface area contributed by atoms with E-state index in [4.69, 9.17) is 11.1 Å². The van der Waals surface area contributed by atoms with Gasteiger partial charge < -0.3 is 11.1 Å². The van der Waals surface area contributed by atoms with Gasteiger partial charge in [-0.05, 0) is 56.6 Å². The zero-order chi connectivity index (χ0) is 21.7. The lowest BCUT2D eigenvalue weighted by molar-refractivity contribution is -0.129. The second-order valence-electron chi connectivity index (χ2n) is 8.43. The Balaban J connectivity index is 1.46. The van der Waals surface area contributed by atoms with Gasteiger partial charge in [-0.15, -0.1) is 0 Å². The molecule has 2 aromatic carbocycles. The molecule has 0 saturated heterocycles. The first-order valence-electron chi connectivity index (χ1n) is 10.7. The predicted molar refractivity (Wildman–Crippen MR) is 120 cm³/mol. The third kappa shape index (κ3) is 5.56. The van der Waals surface area contributed by atoms with Gasteiger partial charge in [-0.1, -0.05) is 54.1 Å². The summed E-state index contributed by atoms with van der Waals surface area (Å²) in [6.07, 6.45) is 3.71. The average Bonchev–Trinajstić information content (AvgIpc) is 3.22. The van der Waals surface area contributed by atoms with Crippen molar-refractivity contribution in [1.29, 1.82) is 5.41 Å². The molecule has 0 bridgehead atoms. The van der Waals surface area contributed by atoms with Crippen LogP contribution < -0.4 is 11.1 Å². The lowest BCUT2D eigenvalue weighted by atomic mass is 9.95. The van der Waals surface area contributed by atoms with E-state index >= 15 is 0 Å². The van der Waals surface area contributed by atoms with E-state index in [1.807, 2.05) is 12.1 Å². The molecule has 5 heteroatoms. The molecule has 1 saturated carbocycles. The molecule has 30 heavy (non-hydrogen) atoms. The lowest BCUT2D eigenvalue weighted by Crippen LogP contribution is -2.41. The van der Waals surface area contributed by atoms with Crippen LogP contribution in [0.5, 0.6) is 0 Å². The first-order chi connectivity index (χ1) is 14.3. The maximum absolute atomic E-state index is 12.7. The largest absolute Gasteiger partial charge is 0.384 e. The minimum atomic E-state index is -0.480. The number of amides is 1. The summed E-state index contributed by atoms with van der Waals surface area (Å²) in [5.41, 5.74) is 9.71. The summed E-state index contributed by atoms with van der Waals surface area (Å²) in [5.74, 6) is 0.462. The second-order valence-corrected chi connectivity index (χ2v) is 8.43. The van der Waals surface area contributed by atoms with Crippen molar-refractivity contribution < 1.29 is 9.59 Å². The molecule has 0 radical (unpaired) electrons. The van der Waals surface area contributed by atoms with Crippen LogP contribution in [-0.2, 0) is 16.0 Å². The van der Waals surface area contributed by atoms with Crippen LogP contribution in [0, 0.1) is 18.3 Å². The molecule has 3 atom stereocenters. The Hall–Kier alpha value is -2.95. The SMILES string of the molecule is Cc1cccc([C@H]2CC[C@@H](C(=O)N[C@@H](C)C(=O)CCc3ccc(C(=N)N)cc3)C2)c1. The Kier molecular flexibility index (Phi) is 7.03. The van der Waals surface area contributed by atoms with E-state index in [-0.39, 0.29) is 23.4 Å². The van der Waals surface area contributed by atoms with Gasteiger partial charge in [0, 0.05) is 17.9 Å². The molecule has 5 nitrogen and oxygen atoms in total. The fourth-order valence-corrected chi connectivity index (χ4v) is 4.19. The van der Waals surface area contributed by atoms with E-state index in [0.717, 1.165) is 24.8 Å². The van der Waals surface area contributed by atoms with Crippen LogP contribution >= 0.6 is 0 Å². The number of carbonyl (C=O) groups is 2. The molecule has 4 N–H and O–H groups in total. The minimum Gasteiger partial charge on any atom is -0.384 e. The highest BCUT2D eigenvalue weighted by molar-refractivity contribution is 5.95. The van der Waals surface area contributed by atoms with Gasteiger partial charge >= 0.3 is 0 Å². The Morgan fingerprint density at radius 3 is 2.57 bits per heavy atom. The number of hydrogen-bond acceptors (Lipinski definition) is 3. The van der Waals surface area contributed by atoms with Crippen LogP contribution in [-0.4, -0.2) is 23.6 Å². The standard InChI is InChI=1S/C25H31N3O2/c1-16-4-3-5-20(14-16)21-11-12-22(15-21)25(30)28-17(2)23(29)13-8-18-6-9-19(10-7-18)24(26)27/h3-7,9-10,14,17,21-22H,8,11-13,15H2,1-2H3,(H3,26,27)(H,28,30)/t17-,21-,22+/m0/s1. The number of benzene rings is 2. The van der Waals surface area contributed by atoms with Gasteiger partial charge in [0.05, 0.1) is 6.04 Å². The van der Waals surface area contributed by atoms with Crippen LogP contribution in [0.3, 0.4) is 0 Å². The van der Waals surface area contributed by atoms with Crippen LogP contribution in [0.2, 0.25) is 0 Å². The minimum absolute atomic E-state index is 0.00295. The number of nitrogens with one attached hydrogen (secondary N) is 2. The number of nitrogen functional groups attached to an aromatic ring is 1. The highest BCUT2D eigenvalue weighted by Crippen LogP contribution is 2.38. The Labute approximate surface area is 178 Å². The van der Waals surface area contributed by atoms with Gasteiger partial charge in [-0.25, -0.2) is 0 Å². The van der Waals surface area contributed by atoms with Gasteiger partial charge in [0.25, 0.3) is 0 Å². The number of amidine groups is 1. The summed E-state index contributed by atoms with van der Waals surface area (Å²) in [4.78, 5) is 25.2. The van der Waals surface area contributed by atoms with Gasteiger partial charge in [0.15, 0.2) is 5.78 Å². The van der Waals surface area contributed by atoms with Gasteiger partial charge in [0.1, 0.15) is 5.84 Å². The molecule has 0 aliphatic heterocycles. The highest BCUT2D eigenvalue weighted by Gasteiger charge is 2.31. The summed E-state index contributed by atoms with van der Waals surface area (Å²) in [6.45, 7) is 3.86. The van der Waals surface area contributed by atoms with Gasteiger partial charge in [-0.2, -0.15) is 0 Å². The zero-order valence-corrected chi connectivity index (χ0v) is 17.8. The predicted octanol–water partition coefficient (Wildman–Crippen LogP) is 3.87. The normalized spacial score (nSPS) is 19.3. The van der Waals surface area contributed by atoms with Crippen LogP contribution in [0.15, 0.2) is 48.5 Å². The van der Waals surface area contributed by atoms with Crippen LogP contribution in [0.25, 0.3) is 0 Å². The van der Waals surface area contributed by atoms with E-state index in [0.29, 0.717) is 24.3 Å². The van der Waals surface area contributed by atoms with Crippen molar-refractivity contribution in [2.75, 3.05) is 0 Å². The molecule has 1 fully saturated rings. The van der Waals surface area contributed by atoms with E-state index in [1.54, 1.807) is 19.1 Å². The average molecular weight is 406 g/mol. The van der Waals surface area contributed by atoms with Crippen LogP contribution in [0.4, 0.5) is 0 Å². The van der Waals surface area contributed by atoms with E-state index in [9.17, 15) is 9.59 Å². The summed E-state index contributed by atoms with van der Waals surface area (Å²) in [7, 11) is 0. The number of rotatable bonds is 8. The van der Waals surface area contributed by atoms with E-state index in [2.05, 4.69) is 36.5 Å². The maximum atomic E-state index is 12.7. The summed E-state index contributed by atoms with van der Waals surface area (Å²) in [5, 5.41) is 10.4. The number of hydrogen-bond donors (Lipinski definition) is 3. The number of aryl methyl sites for hydroxylation is 2.